The molecule has 0 aliphatic carbocycles. The lowest BCUT2D eigenvalue weighted by atomic mass is 10.2. The van der Waals surface area contributed by atoms with Crippen LogP contribution in [0, 0.1) is 12.8 Å². The molecule has 2 aromatic rings. The predicted molar refractivity (Wildman–Crippen MR) is 93.3 cm³/mol. The van der Waals surface area contributed by atoms with E-state index in [9.17, 15) is 13.2 Å². The molecule has 0 aliphatic rings. The van der Waals surface area contributed by atoms with Crippen LogP contribution in [0.2, 0.25) is 0 Å². The fourth-order valence-corrected chi connectivity index (χ4v) is 4.91. The predicted octanol–water partition coefficient (Wildman–Crippen LogP) is 3.34. The molecule has 124 valence electrons. The molecular weight excluding hydrogens is 330 g/mol. The number of benzene rings is 1. The second-order valence-corrected chi connectivity index (χ2v) is 8.87. The molecule has 0 spiro atoms. The molecule has 0 aliphatic heterocycles. The number of sulfone groups is 1. The van der Waals surface area contributed by atoms with Crippen molar-refractivity contribution >= 4 is 27.1 Å². The number of carbonyl (C=O) groups is 1. The molecule has 0 radical (unpaired) electrons. The van der Waals surface area contributed by atoms with Gasteiger partial charge in [0.1, 0.15) is 5.25 Å². The average Bonchev–Trinajstić information content (AvgIpc) is 3.01. The van der Waals surface area contributed by atoms with E-state index in [-0.39, 0.29) is 23.3 Å². The van der Waals surface area contributed by atoms with E-state index in [0.717, 1.165) is 10.4 Å². The third kappa shape index (κ3) is 4.20. The molecule has 4 nitrogen and oxygen atoms in total. The van der Waals surface area contributed by atoms with E-state index in [1.54, 1.807) is 44.2 Å². The van der Waals surface area contributed by atoms with Crippen molar-refractivity contribution in [3.63, 3.8) is 0 Å². The molecule has 0 saturated heterocycles. The molecular formula is C17H21NO3S2. The van der Waals surface area contributed by atoms with Crippen LogP contribution in [0.5, 0.6) is 0 Å². The highest BCUT2D eigenvalue weighted by Gasteiger charge is 2.30. The van der Waals surface area contributed by atoms with Crippen molar-refractivity contribution < 1.29 is 13.2 Å². The third-order valence-electron chi connectivity index (χ3n) is 3.57. The number of rotatable bonds is 6. The maximum Gasteiger partial charge on any atom is 0.222 e. The van der Waals surface area contributed by atoms with E-state index in [1.807, 2.05) is 18.4 Å². The Kier molecular flexibility index (Phi) is 5.59. The second-order valence-electron chi connectivity index (χ2n) is 5.76. The Morgan fingerprint density at radius 3 is 2.35 bits per heavy atom. The summed E-state index contributed by atoms with van der Waals surface area (Å²) < 4.78 is 26.0. The van der Waals surface area contributed by atoms with Crippen LogP contribution in [0.1, 0.15) is 29.5 Å². The highest BCUT2D eigenvalue weighted by molar-refractivity contribution is 7.91. The van der Waals surface area contributed by atoms with Crippen molar-refractivity contribution in [3.8, 4) is 0 Å². The van der Waals surface area contributed by atoms with E-state index >= 15 is 0 Å². The first-order chi connectivity index (χ1) is 10.8. The van der Waals surface area contributed by atoms with Crippen LogP contribution in [0.15, 0.2) is 46.7 Å². The second kappa shape index (κ2) is 7.27. The Labute approximate surface area is 141 Å². The summed E-state index contributed by atoms with van der Waals surface area (Å²) >= 11 is 1.39. The molecule has 23 heavy (non-hydrogen) atoms. The summed E-state index contributed by atoms with van der Waals surface area (Å²) in [4.78, 5) is 12.8. The summed E-state index contributed by atoms with van der Waals surface area (Å²) in [5.74, 6) is -0.327. The summed E-state index contributed by atoms with van der Waals surface area (Å²) in [7, 11) is -3.57. The van der Waals surface area contributed by atoms with Gasteiger partial charge in [-0.1, -0.05) is 37.6 Å². The number of nitrogens with one attached hydrogen (secondary N) is 1. The van der Waals surface area contributed by atoms with Crippen molar-refractivity contribution in [1.82, 2.24) is 5.32 Å². The lowest BCUT2D eigenvalue weighted by Gasteiger charge is -2.18. The van der Waals surface area contributed by atoms with E-state index in [1.165, 1.54) is 11.3 Å². The van der Waals surface area contributed by atoms with Crippen LogP contribution in [-0.2, 0) is 14.6 Å². The number of hydrogen-bond donors (Lipinski definition) is 1. The number of aryl methyl sites for hydroxylation is 1. The standard InChI is InChI=1S/C17H21NO3S2/c1-12(2)17(19)18-11-16(15-5-4-10-22-15)23(20,21)14-8-6-13(3)7-9-14/h4-10,12,16H,11H2,1-3H3,(H,18,19)/t16-/m0/s1. The van der Waals surface area contributed by atoms with Crippen LogP contribution in [0.4, 0.5) is 0 Å². The fraction of sp³-hybridized carbons (Fsp3) is 0.353. The van der Waals surface area contributed by atoms with E-state index < -0.39 is 15.1 Å². The maximum absolute atomic E-state index is 13.0. The molecule has 0 unspecified atom stereocenters. The number of carbonyl (C=O) groups excluding carboxylic acids is 1. The molecule has 1 aromatic carbocycles. The monoisotopic (exact) mass is 351 g/mol. The molecule has 2 rings (SSSR count). The first kappa shape index (κ1) is 17.7. The van der Waals surface area contributed by atoms with Gasteiger partial charge in [0.15, 0.2) is 9.84 Å². The van der Waals surface area contributed by atoms with Gasteiger partial charge in [-0.2, -0.15) is 0 Å². The minimum atomic E-state index is -3.57. The number of amides is 1. The van der Waals surface area contributed by atoms with Gasteiger partial charge in [0.25, 0.3) is 0 Å². The SMILES string of the molecule is Cc1ccc(S(=O)(=O)[C@@H](CNC(=O)C(C)C)c2cccs2)cc1. The zero-order valence-corrected chi connectivity index (χ0v) is 15.1. The van der Waals surface area contributed by atoms with Gasteiger partial charge in [0, 0.05) is 17.3 Å². The molecule has 0 fully saturated rings. The number of thiophene rings is 1. The molecule has 1 atom stereocenters. The maximum atomic E-state index is 13.0. The fourth-order valence-electron chi connectivity index (χ4n) is 2.13. The highest BCUT2D eigenvalue weighted by atomic mass is 32.2. The van der Waals surface area contributed by atoms with Gasteiger partial charge in [-0.3, -0.25) is 4.79 Å². The van der Waals surface area contributed by atoms with Gasteiger partial charge in [-0.15, -0.1) is 11.3 Å². The topological polar surface area (TPSA) is 63.2 Å². The Hall–Kier alpha value is -1.66. The Morgan fingerprint density at radius 1 is 1.17 bits per heavy atom. The Bertz CT molecular complexity index is 748. The van der Waals surface area contributed by atoms with Crippen LogP contribution in [0.25, 0.3) is 0 Å². The number of hydrogen-bond acceptors (Lipinski definition) is 4. The van der Waals surface area contributed by atoms with E-state index in [2.05, 4.69) is 5.32 Å². The molecule has 1 N–H and O–H groups in total. The van der Waals surface area contributed by atoms with Crippen molar-refractivity contribution in [2.45, 2.75) is 30.9 Å². The van der Waals surface area contributed by atoms with Gasteiger partial charge in [-0.25, -0.2) is 8.42 Å². The first-order valence-electron chi connectivity index (χ1n) is 7.44. The highest BCUT2D eigenvalue weighted by Crippen LogP contribution is 2.31. The van der Waals surface area contributed by atoms with Crippen molar-refractivity contribution in [2.24, 2.45) is 5.92 Å². The normalized spacial score (nSPS) is 13.0. The van der Waals surface area contributed by atoms with Gasteiger partial charge < -0.3 is 5.32 Å². The lowest BCUT2D eigenvalue weighted by Crippen LogP contribution is -2.34. The summed E-state index contributed by atoms with van der Waals surface area (Å²) in [6.45, 7) is 5.55. The minimum absolute atomic E-state index is 0.0771. The first-order valence-corrected chi connectivity index (χ1v) is 9.86. The van der Waals surface area contributed by atoms with Crippen molar-refractivity contribution in [2.75, 3.05) is 6.54 Å². The summed E-state index contributed by atoms with van der Waals surface area (Å²) in [5.41, 5.74) is 1.00. The lowest BCUT2D eigenvalue weighted by molar-refractivity contribution is -0.123. The minimum Gasteiger partial charge on any atom is -0.354 e. The largest absolute Gasteiger partial charge is 0.354 e. The van der Waals surface area contributed by atoms with Crippen LogP contribution < -0.4 is 5.32 Å². The summed E-state index contributed by atoms with van der Waals surface area (Å²) in [6, 6.07) is 10.4. The zero-order chi connectivity index (χ0) is 17.0. The smallest absolute Gasteiger partial charge is 0.222 e. The zero-order valence-electron chi connectivity index (χ0n) is 13.4. The molecule has 0 bridgehead atoms. The summed E-state index contributed by atoms with van der Waals surface area (Å²) in [6.07, 6.45) is 0. The van der Waals surface area contributed by atoms with Crippen LogP contribution in [-0.4, -0.2) is 20.9 Å². The van der Waals surface area contributed by atoms with Crippen LogP contribution in [0.3, 0.4) is 0 Å². The molecule has 0 saturated carbocycles. The Morgan fingerprint density at radius 2 is 1.83 bits per heavy atom. The van der Waals surface area contributed by atoms with Gasteiger partial charge in [0.05, 0.1) is 4.90 Å². The van der Waals surface area contributed by atoms with E-state index in [0.29, 0.717) is 0 Å². The van der Waals surface area contributed by atoms with Crippen molar-refractivity contribution in [1.29, 1.82) is 0 Å². The molecule has 1 aromatic heterocycles. The summed E-state index contributed by atoms with van der Waals surface area (Å²) in [5, 5.41) is 3.82. The van der Waals surface area contributed by atoms with Gasteiger partial charge in [0.2, 0.25) is 5.91 Å². The molecule has 6 heteroatoms. The quantitative estimate of drug-likeness (QED) is 0.868. The molecule has 1 heterocycles. The third-order valence-corrected chi connectivity index (χ3v) is 6.80. The van der Waals surface area contributed by atoms with Crippen molar-refractivity contribution in [3.05, 3.63) is 52.2 Å². The Balaban J connectivity index is 2.33. The van der Waals surface area contributed by atoms with Gasteiger partial charge >= 0.3 is 0 Å². The average molecular weight is 351 g/mol. The van der Waals surface area contributed by atoms with E-state index in [4.69, 9.17) is 0 Å². The van der Waals surface area contributed by atoms with Crippen LogP contribution >= 0.6 is 11.3 Å². The van der Waals surface area contributed by atoms with Gasteiger partial charge in [-0.05, 0) is 30.5 Å². The molecule has 1 amide bonds.